The van der Waals surface area contributed by atoms with Crippen molar-refractivity contribution in [1.29, 1.82) is 0 Å². The molecule has 0 aromatic carbocycles. The van der Waals surface area contributed by atoms with Gasteiger partial charge in [-0.1, -0.05) is 0 Å². The van der Waals surface area contributed by atoms with Crippen LogP contribution in [-0.2, 0) is 12.0 Å². The van der Waals surface area contributed by atoms with E-state index in [-0.39, 0.29) is 0 Å². The maximum atomic E-state index is 10.4. The van der Waals surface area contributed by atoms with E-state index in [1.54, 1.807) is 23.9 Å². The lowest BCUT2D eigenvalue weighted by Crippen LogP contribution is -2.23. The molecule has 2 nitrogen and oxygen atoms in total. The smallest absolute Gasteiger partial charge is 0.100 e. The largest absolute Gasteiger partial charge is 0.472 e. The lowest BCUT2D eigenvalue weighted by molar-refractivity contribution is 0.0607. The molecule has 0 amide bonds. The molecule has 0 aliphatic heterocycles. The summed E-state index contributed by atoms with van der Waals surface area (Å²) in [6, 6.07) is 3.92. The van der Waals surface area contributed by atoms with Gasteiger partial charge in [0.25, 0.3) is 0 Å². The van der Waals surface area contributed by atoms with Gasteiger partial charge in [0, 0.05) is 11.3 Å². The van der Waals surface area contributed by atoms with Crippen LogP contribution in [0.3, 0.4) is 0 Å². The van der Waals surface area contributed by atoms with Crippen molar-refractivity contribution in [2.75, 3.05) is 0 Å². The molecule has 0 spiro atoms. The predicted octanol–water partition coefficient (Wildman–Crippen LogP) is 3.10. The van der Waals surface area contributed by atoms with Crippen LogP contribution in [0.2, 0.25) is 0 Å². The number of rotatable bonds is 3. The van der Waals surface area contributed by atoms with Gasteiger partial charge in [0.05, 0.1) is 12.5 Å². The summed E-state index contributed by atoms with van der Waals surface area (Å²) in [5.41, 5.74) is 1.36. The minimum absolute atomic E-state index is 0.588. The number of aliphatic hydroxyl groups is 1. The fraction of sp³-hybridized carbons (Fsp3) is 0.333. The molecule has 1 atom stereocenters. The number of hydrogen-bond acceptors (Lipinski definition) is 3. The summed E-state index contributed by atoms with van der Waals surface area (Å²) in [6.07, 6.45) is 3.90. The van der Waals surface area contributed by atoms with Gasteiger partial charge in [0.2, 0.25) is 0 Å². The zero-order chi connectivity index (χ0) is 10.9. The van der Waals surface area contributed by atoms with Gasteiger partial charge in [0.1, 0.15) is 5.60 Å². The Hall–Kier alpha value is -1.06. The molecule has 1 unspecified atom stereocenters. The van der Waals surface area contributed by atoms with E-state index in [0.717, 1.165) is 16.0 Å². The van der Waals surface area contributed by atoms with Crippen molar-refractivity contribution >= 4 is 11.3 Å². The van der Waals surface area contributed by atoms with Crippen molar-refractivity contribution in [2.24, 2.45) is 0 Å². The number of thiophene rings is 1. The van der Waals surface area contributed by atoms with Crippen LogP contribution in [-0.4, -0.2) is 5.11 Å². The van der Waals surface area contributed by atoms with Gasteiger partial charge in [-0.3, -0.25) is 0 Å². The molecule has 80 valence electrons. The Morgan fingerprint density at radius 3 is 2.80 bits per heavy atom. The molecular weight excluding hydrogens is 208 g/mol. The number of hydrogen-bond donors (Lipinski definition) is 1. The van der Waals surface area contributed by atoms with Gasteiger partial charge in [-0.05, 0) is 42.5 Å². The molecule has 0 aliphatic rings. The summed E-state index contributed by atoms with van der Waals surface area (Å²) >= 11 is 1.60. The summed E-state index contributed by atoms with van der Waals surface area (Å²) in [7, 11) is 0. The first-order valence-corrected chi connectivity index (χ1v) is 5.75. The van der Waals surface area contributed by atoms with Crippen LogP contribution >= 0.6 is 11.3 Å². The maximum absolute atomic E-state index is 10.4. The van der Waals surface area contributed by atoms with Crippen LogP contribution in [0.25, 0.3) is 0 Å². The van der Waals surface area contributed by atoms with Gasteiger partial charge in [-0.15, -0.1) is 11.3 Å². The van der Waals surface area contributed by atoms with Crippen LogP contribution in [0.5, 0.6) is 0 Å². The Bertz CT molecular complexity index is 426. The van der Waals surface area contributed by atoms with Gasteiger partial charge in [0.15, 0.2) is 0 Å². The second kappa shape index (κ2) is 3.83. The van der Waals surface area contributed by atoms with E-state index in [0.29, 0.717) is 6.42 Å². The summed E-state index contributed by atoms with van der Waals surface area (Å²) in [4.78, 5) is 1.03. The highest BCUT2D eigenvalue weighted by molar-refractivity contribution is 7.10. The average molecular weight is 222 g/mol. The third kappa shape index (κ3) is 2.13. The lowest BCUT2D eigenvalue weighted by atomic mass is 9.94. The SMILES string of the molecule is Cc1ccsc1C(C)(O)Cc1ccoc1. The topological polar surface area (TPSA) is 33.4 Å². The van der Waals surface area contributed by atoms with Crippen LogP contribution in [0.15, 0.2) is 34.5 Å². The van der Waals surface area contributed by atoms with Gasteiger partial charge in [-0.25, -0.2) is 0 Å². The minimum Gasteiger partial charge on any atom is -0.472 e. The summed E-state index contributed by atoms with van der Waals surface area (Å²) < 4.78 is 5.00. The fourth-order valence-corrected chi connectivity index (χ4v) is 2.78. The Morgan fingerprint density at radius 1 is 1.47 bits per heavy atom. The molecule has 2 heterocycles. The Labute approximate surface area is 93.2 Å². The first-order chi connectivity index (χ1) is 7.09. The molecule has 0 saturated heterocycles. The van der Waals surface area contributed by atoms with Crippen LogP contribution in [0.1, 0.15) is 22.9 Å². The van der Waals surface area contributed by atoms with E-state index < -0.39 is 5.60 Å². The third-order valence-corrected chi connectivity index (χ3v) is 3.75. The van der Waals surface area contributed by atoms with Crippen LogP contribution < -0.4 is 0 Å². The number of furan rings is 1. The zero-order valence-electron chi connectivity index (χ0n) is 8.86. The molecule has 0 fully saturated rings. The van der Waals surface area contributed by atoms with Crippen molar-refractivity contribution in [2.45, 2.75) is 25.9 Å². The van der Waals surface area contributed by atoms with Gasteiger partial charge < -0.3 is 9.52 Å². The standard InChI is InChI=1S/C12H14O2S/c1-9-4-6-15-11(9)12(2,13)7-10-3-5-14-8-10/h3-6,8,13H,7H2,1-2H3. The molecule has 15 heavy (non-hydrogen) atoms. The first kappa shape index (κ1) is 10.5. The summed E-state index contributed by atoms with van der Waals surface area (Å²) in [5.74, 6) is 0. The monoisotopic (exact) mass is 222 g/mol. The average Bonchev–Trinajstić information content (AvgIpc) is 2.75. The maximum Gasteiger partial charge on any atom is 0.100 e. The molecular formula is C12H14O2S. The summed E-state index contributed by atoms with van der Waals surface area (Å²) in [6.45, 7) is 3.87. The van der Waals surface area contributed by atoms with Crippen molar-refractivity contribution in [3.8, 4) is 0 Å². The van der Waals surface area contributed by atoms with E-state index in [1.807, 2.05) is 31.4 Å². The third-order valence-electron chi connectivity index (χ3n) is 2.48. The van der Waals surface area contributed by atoms with Crippen molar-refractivity contribution < 1.29 is 9.52 Å². The van der Waals surface area contributed by atoms with Gasteiger partial charge in [-0.2, -0.15) is 0 Å². The number of aryl methyl sites for hydroxylation is 1. The van der Waals surface area contributed by atoms with Crippen molar-refractivity contribution in [3.05, 3.63) is 46.0 Å². The molecule has 2 aromatic rings. The Kier molecular flexibility index (Phi) is 2.67. The molecule has 2 aromatic heterocycles. The molecule has 0 bridgehead atoms. The van der Waals surface area contributed by atoms with Crippen molar-refractivity contribution in [3.63, 3.8) is 0 Å². The van der Waals surface area contributed by atoms with Crippen LogP contribution in [0.4, 0.5) is 0 Å². The Morgan fingerprint density at radius 2 is 2.27 bits per heavy atom. The zero-order valence-corrected chi connectivity index (χ0v) is 9.67. The van der Waals surface area contributed by atoms with Crippen LogP contribution in [0, 0.1) is 6.92 Å². The second-order valence-electron chi connectivity index (χ2n) is 4.01. The highest BCUT2D eigenvalue weighted by Gasteiger charge is 2.26. The lowest BCUT2D eigenvalue weighted by Gasteiger charge is -2.22. The molecule has 2 rings (SSSR count). The predicted molar refractivity (Wildman–Crippen MR) is 61.0 cm³/mol. The van der Waals surface area contributed by atoms with Crippen molar-refractivity contribution in [1.82, 2.24) is 0 Å². The summed E-state index contributed by atoms with van der Waals surface area (Å²) in [5, 5.41) is 12.4. The van der Waals surface area contributed by atoms with E-state index in [2.05, 4.69) is 0 Å². The molecule has 0 radical (unpaired) electrons. The normalized spacial score (nSPS) is 15.1. The Balaban J connectivity index is 2.24. The minimum atomic E-state index is -0.803. The van der Waals surface area contributed by atoms with E-state index in [1.165, 1.54) is 0 Å². The van der Waals surface area contributed by atoms with Gasteiger partial charge >= 0.3 is 0 Å². The highest BCUT2D eigenvalue weighted by Crippen LogP contribution is 2.32. The fourth-order valence-electron chi connectivity index (χ4n) is 1.80. The van der Waals surface area contributed by atoms with E-state index in [9.17, 15) is 5.11 Å². The second-order valence-corrected chi connectivity index (χ2v) is 4.93. The first-order valence-electron chi connectivity index (χ1n) is 4.87. The quantitative estimate of drug-likeness (QED) is 0.865. The highest BCUT2D eigenvalue weighted by atomic mass is 32.1. The molecule has 0 saturated carbocycles. The molecule has 0 aliphatic carbocycles. The molecule has 1 N–H and O–H groups in total. The van der Waals surface area contributed by atoms with E-state index >= 15 is 0 Å². The molecule has 3 heteroatoms. The van der Waals surface area contributed by atoms with E-state index in [4.69, 9.17) is 4.42 Å².